The lowest BCUT2D eigenvalue weighted by atomic mass is 10.1. The Morgan fingerprint density at radius 1 is 1.35 bits per heavy atom. The second kappa shape index (κ2) is 6.42. The van der Waals surface area contributed by atoms with Crippen LogP contribution in [0, 0.1) is 11.6 Å². The third-order valence-corrected chi connectivity index (χ3v) is 3.07. The predicted molar refractivity (Wildman–Crippen MR) is 67.8 cm³/mol. The van der Waals surface area contributed by atoms with E-state index in [1.807, 2.05) is 0 Å². The summed E-state index contributed by atoms with van der Waals surface area (Å²) in [5.41, 5.74) is 5.87. The molecule has 1 aromatic rings. The van der Waals surface area contributed by atoms with Gasteiger partial charge in [-0.15, -0.1) is 0 Å². The Bertz CT molecular complexity index is 522. The minimum Gasteiger partial charge on any atom is -0.481 e. The van der Waals surface area contributed by atoms with Crippen molar-refractivity contribution in [2.75, 3.05) is 7.05 Å². The molecule has 1 rings (SSSR count). The van der Waals surface area contributed by atoms with Crippen molar-refractivity contribution >= 4 is 11.9 Å². The zero-order chi connectivity index (χ0) is 15.4. The van der Waals surface area contributed by atoms with E-state index in [0.717, 1.165) is 12.1 Å². The highest BCUT2D eigenvalue weighted by Crippen LogP contribution is 2.21. The minimum atomic E-state index is -1.18. The number of amides is 1. The first-order valence-corrected chi connectivity index (χ1v) is 5.93. The molecule has 0 aliphatic rings. The summed E-state index contributed by atoms with van der Waals surface area (Å²) in [5, 5.41) is 8.60. The maximum Gasteiger partial charge on any atom is 0.305 e. The summed E-state index contributed by atoms with van der Waals surface area (Å²) in [6, 6.07) is 1.58. The molecule has 0 aliphatic heterocycles. The fraction of sp³-hybridized carbons (Fsp3) is 0.385. The summed E-state index contributed by atoms with van der Waals surface area (Å²) < 4.78 is 26.0. The number of carbonyl (C=O) groups excluding carboxylic acids is 1. The van der Waals surface area contributed by atoms with Crippen LogP contribution in [-0.2, 0) is 9.59 Å². The SMILES string of the molecule is CC(c1ccc(F)c(F)c1)N(C)C(=O)C(N)CC(=O)O. The summed E-state index contributed by atoms with van der Waals surface area (Å²) in [6.07, 6.45) is -0.492. The second-order valence-electron chi connectivity index (χ2n) is 4.50. The van der Waals surface area contributed by atoms with Crippen molar-refractivity contribution in [3.05, 3.63) is 35.4 Å². The van der Waals surface area contributed by atoms with Gasteiger partial charge >= 0.3 is 5.97 Å². The van der Waals surface area contributed by atoms with Crippen molar-refractivity contribution < 1.29 is 23.5 Å². The summed E-state index contributed by atoms with van der Waals surface area (Å²) in [4.78, 5) is 23.6. The van der Waals surface area contributed by atoms with Gasteiger partial charge in [-0.2, -0.15) is 0 Å². The van der Waals surface area contributed by atoms with E-state index in [2.05, 4.69) is 0 Å². The first kappa shape index (κ1) is 16.0. The zero-order valence-corrected chi connectivity index (χ0v) is 11.1. The van der Waals surface area contributed by atoms with Crippen molar-refractivity contribution in [3.63, 3.8) is 0 Å². The van der Waals surface area contributed by atoms with E-state index < -0.39 is 42.0 Å². The van der Waals surface area contributed by atoms with Crippen molar-refractivity contribution in [3.8, 4) is 0 Å². The van der Waals surface area contributed by atoms with Gasteiger partial charge in [-0.1, -0.05) is 6.07 Å². The van der Waals surface area contributed by atoms with E-state index in [4.69, 9.17) is 10.8 Å². The molecule has 1 aromatic carbocycles. The van der Waals surface area contributed by atoms with Gasteiger partial charge in [0.15, 0.2) is 11.6 Å². The number of nitrogens with two attached hydrogens (primary N) is 1. The monoisotopic (exact) mass is 286 g/mol. The molecule has 0 saturated carbocycles. The number of rotatable bonds is 5. The second-order valence-corrected chi connectivity index (χ2v) is 4.50. The molecule has 1 amide bonds. The van der Waals surface area contributed by atoms with Crippen LogP contribution in [0.1, 0.15) is 24.9 Å². The standard InChI is InChI=1S/C13H16F2N2O3/c1-7(8-3-4-9(14)10(15)5-8)17(2)13(20)11(16)6-12(18)19/h3-5,7,11H,6,16H2,1-2H3,(H,18,19). The van der Waals surface area contributed by atoms with Gasteiger partial charge in [0, 0.05) is 7.05 Å². The van der Waals surface area contributed by atoms with Gasteiger partial charge < -0.3 is 15.7 Å². The van der Waals surface area contributed by atoms with Crippen LogP contribution in [0.4, 0.5) is 8.78 Å². The van der Waals surface area contributed by atoms with Crippen molar-refractivity contribution in [1.82, 2.24) is 4.90 Å². The van der Waals surface area contributed by atoms with Crippen LogP contribution in [0.25, 0.3) is 0 Å². The summed E-state index contributed by atoms with van der Waals surface area (Å²) in [7, 11) is 1.43. The van der Waals surface area contributed by atoms with E-state index in [-0.39, 0.29) is 0 Å². The highest BCUT2D eigenvalue weighted by molar-refractivity contribution is 5.86. The topological polar surface area (TPSA) is 83.6 Å². The van der Waals surface area contributed by atoms with E-state index in [1.54, 1.807) is 6.92 Å². The summed E-state index contributed by atoms with van der Waals surface area (Å²) >= 11 is 0. The molecule has 0 heterocycles. The van der Waals surface area contributed by atoms with Crippen LogP contribution < -0.4 is 5.73 Å². The van der Waals surface area contributed by atoms with Crippen LogP contribution in [0.3, 0.4) is 0 Å². The minimum absolute atomic E-state index is 0.391. The maximum absolute atomic E-state index is 13.2. The van der Waals surface area contributed by atoms with Gasteiger partial charge in [-0.05, 0) is 24.6 Å². The molecule has 0 bridgehead atoms. The van der Waals surface area contributed by atoms with Crippen molar-refractivity contribution in [2.24, 2.45) is 5.73 Å². The molecular weight excluding hydrogens is 270 g/mol. The Labute approximate surface area is 115 Å². The number of aliphatic carboxylic acids is 1. The van der Waals surface area contributed by atoms with Gasteiger partial charge in [-0.3, -0.25) is 9.59 Å². The molecule has 2 atom stereocenters. The van der Waals surface area contributed by atoms with E-state index in [0.29, 0.717) is 5.56 Å². The normalized spacial score (nSPS) is 13.7. The molecule has 2 unspecified atom stereocenters. The average Bonchev–Trinajstić information content (AvgIpc) is 2.38. The molecule has 0 radical (unpaired) electrons. The number of nitrogens with zero attached hydrogens (tertiary/aromatic N) is 1. The largest absolute Gasteiger partial charge is 0.481 e. The Morgan fingerprint density at radius 2 is 1.95 bits per heavy atom. The number of halogens is 2. The number of hydrogen-bond acceptors (Lipinski definition) is 3. The van der Waals surface area contributed by atoms with E-state index in [9.17, 15) is 18.4 Å². The molecule has 0 spiro atoms. The number of carbonyl (C=O) groups is 2. The smallest absolute Gasteiger partial charge is 0.305 e. The predicted octanol–water partition coefficient (Wildman–Crippen LogP) is 1.29. The molecule has 7 heteroatoms. The van der Waals surface area contributed by atoms with Crippen LogP contribution >= 0.6 is 0 Å². The number of carboxylic acids is 1. The molecule has 0 fully saturated rings. The molecule has 0 aliphatic carbocycles. The fourth-order valence-corrected chi connectivity index (χ4v) is 1.72. The Balaban J connectivity index is 2.84. The third-order valence-electron chi connectivity index (χ3n) is 3.07. The van der Waals surface area contributed by atoms with E-state index in [1.165, 1.54) is 18.0 Å². The van der Waals surface area contributed by atoms with Gasteiger partial charge in [0.1, 0.15) is 0 Å². The lowest BCUT2D eigenvalue weighted by Crippen LogP contribution is -2.43. The highest BCUT2D eigenvalue weighted by atomic mass is 19.2. The third kappa shape index (κ3) is 3.74. The van der Waals surface area contributed by atoms with Crippen molar-refractivity contribution in [2.45, 2.75) is 25.4 Å². The first-order chi connectivity index (χ1) is 9.23. The first-order valence-electron chi connectivity index (χ1n) is 5.93. The average molecular weight is 286 g/mol. The lowest BCUT2D eigenvalue weighted by molar-refractivity contribution is -0.142. The molecule has 110 valence electrons. The molecular formula is C13H16F2N2O3. The van der Waals surface area contributed by atoms with Gasteiger partial charge in [0.2, 0.25) is 5.91 Å². The Morgan fingerprint density at radius 3 is 2.45 bits per heavy atom. The van der Waals surface area contributed by atoms with E-state index >= 15 is 0 Å². The maximum atomic E-state index is 13.2. The zero-order valence-electron chi connectivity index (χ0n) is 11.1. The molecule has 0 saturated heterocycles. The number of carboxylic acid groups (broad SMARTS) is 1. The quantitative estimate of drug-likeness (QED) is 0.854. The number of hydrogen-bond donors (Lipinski definition) is 2. The lowest BCUT2D eigenvalue weighted by Gasteiger charge is -2.27. The van der Waals surface area contributed by atoms with Gasteiger partial charge in [-0.25, -0.2) is 8.78 Å². The van der Waals surface area contributed by atoms with Gasteiger partial charge in [0.25, 0.3) is 0 Å². The summed E-state index contributed by atoms with van der Waals surface area (Å²) in [6.45, 7) is 1.61. The molecule has 20 heavy (non-hydrogen) atoms. The van der Waals surface area contributed by atoms with Crippen LogP contribution in [-0.4, -0.2) is 35.0 Å². The van der Waals surface area contributed by atoms with Crippen LogP contribution in [0.5, 0.6) is 0 Å². The van der Waals surface area contributed by atoms with Crippen LogP contribution in [0.15, 0.2) is 18.2 Å². The fourth-order valence-electron chi connectivity index (χ4n) is 1.72. The van der Waals surface area contributed by atoms with Crippen molar-refractivity contribution in [1.29, 1.82) is 0 Å². The molecule has 0 aromatic heterocycles. The van der Waals surface area contributed by atoms with Crippen LogP contribution in [0.2, 0.25) is 0 Å². The Kier molecular flexibility index (Phi) is 5.15. The molecule has 3 N–H and O–H groups in total. The number of likely N-dealkylation sites (N-methyl/N-ethyl adjacent to an activating group) is 1. The van der Waals surface area contributed by atoms with Gasteiger partial charge in [0.05, 0.1) is 18.5 Å². The number of benzene rings is 1. The Hall–Kier alpha value is -2.02. The highest BCUT2D eigenvalue weighted by Gasteiger charge is 2.25. The summed E-state index contributed by atoms with van der Waals surface area (Å²) in [5.74, 6) is -3.74. The molecule has 5 nitrogen and oxygen atoms in total.